The summed E-state index contributed by atoms with van der Waals surface area (Å²) in [6.45, 7) is 7.76. The number of halogens is 3. The molecule has 0 saturated heterocycles. The van der Waals surface area contributed by atoms with Crippen molar-refractivity contribution in [1.82, 2.24) is 20.4 Å². The molecule has 0 saturated carbocycles. The zero-order valence-electron chi connectivity index (χ0n) is 29.9. The van der Waals surface area contributed by atoms with E-state index in [0.717, 1.165) is 22.3 Å². The van der Waals surface area contributed by atoms with Crippen molar-refractivity contribution in [2.24, 2.45) is 0 Å². The first-order valence-corrected chi connectivity index (χ1v) is 16.7. The number of ether oxygens (including phenoxy) is 3. The minimum atomic E-state index is -1.13. The summed E-state index contributed by atoms with van der Waals surface area (Å²) in [6.07, 6.45) is -0.964. The van der Waals surface area contributed by atoms with Gasteiger partial charge in [0.05, 0.1) is 38.3 Å². The van der Waals surface area contributed by atoms with Crippen molar-refractivity contribution in [2.45, 2.75) is 60.2 Å². The molecule has 2 atom stereocenters. The number of aryl methyl sites for hydroxylation is 2. The Kier molecular flexibility index (Phi) is 18.9. The Labute approximate surface area is 346 Å². The van der Waals surface area contributed by atoms with E-state index in [0.29, 0.717) is 40.2 Å². The number of carbonyl (C=O) groups is 2. The molecule has 0 radical (unpaired) electrons. The fourth-order valence-corrected chi connectivity index (χ4v) is 5.66. The van der Waals surface area contributed by atoms with E-state index < -0.39 is 26.4 Å². The van der Waals surface area contributed by atoms with Crippen molar-refractivity contribution in [3.8, 4) is 17.4 Å². The van der Waals surface area contributed by atoms with Gasteiger partial charge in [-0.2, -0.15) is 0 Å². The van der Waals surface area contributed by atoms with Crippen LogP contribution < -0.4 is 45.2 Å². The van der Waals surface area contributed by atoms with E-state index in [2.05, 4.69) is 20.4 Å². The second-order valence-electron chi connectivity index (χ2n) is 11.0. The van der Waals surface area contributed by atoms with Crippen LogP contribution in [0.25, 0.3) is 0 Å². The average molecular weight is 802 g/mol. The van der Waals surface area contributed by atoms with E-state index >= 15 is 0 Å². The van der Waals surface area contributed by atoms with E-state index in [-0.39, 0.29) is 80.0 Å². The summed E-state index contributed by atoms with van der Waals surface area (Å²) in [5.74, 6) is 0.0944. The van der Waals surface area contributed by atoms with Gasteiger partial charge in [0, 0.05) is 6.07 Å². The largest absolute Gasteiger partial charge is 1.00 e. The molecule has 0 amide bonds. The summed E-state index contributed by atoms with van der Waals surface area (Å²) >= 11 is 16.5. The summed E-state index contributed by atoms with van der Waals surface area (Å²) in [4.78, 5) is 23.2. The maximum Gasteiger partial charge on any atom is 1.00 e. The molecule has 2 unspecified atom stereocenters. The number of fused-ring (bicyclic) bond motifs is 2. The van der Waals surface area contributed by atoms with Crippen LogP contribution in [0.15, 0.2) is 48.5 Å². The molecular formula is C33H38B2Cl3N4NaO10. The minimum Gasteiger partial charge on any atom is -1.00 e. The van der Waals surface area contributed by atoms with Gasteiger partial charge in [0.25, 0.3) is 0 Å². The second kappa shape index (κ2) is 21.8. The van der Waals surface area contributed by atoms with Crippen molar-refractivity contribution in [1.29, 1.82) is 0 Å². The van der Waals surface area contributed by atoms with Crippen molar-refractivity contribution >= 4 is 71.9 Å². The third-order valence-electron chi connectivity index (χ3n) is 7.30. The number of esters is 2. The topological polar surface area (TPSA) is 193 Å². The van der Waals surface area contributed by atoms with Crippen LogP contribution in [0, 0.1) is 13.8 Å². The fourth-order valence-electron chi connectivity index (χ4n) is 5.36. The first-order chi connectivity index (χ1) is 24.3. The van der Waals surface area contributed by atoms with Gasteiger partial charge in [-0.15, -0.1) is 20.4 Å². The summed E-state index contributed by atoms with van der Waals surface area (Å²) < 4.78 is 26.3. The van der Waals surface area contributed by atoms with E-state index in [1.165, 1.54) is 6.07 Å². The molecule has 2 aromatic carbocycles. The third-order valence-corrected chi connectivity index (χ3v) is 7.91. The van der Waals surface area contributed by atoms with Gasteiger partial charge >= 0.3 is 55.7 Å². The van der Waals surface area contributed by atoms with E-state index in [1.807, 2.05) is 6.92 Å². The second-order valence-corrected chi connectivity index (χ2v) is 12.1. The molecule has 20 heteroatoms. The van der Waals surface area contributed by atoms with Crippen LogP contribution in [-0.4, -0.2) is 74.9 Å². The number of phenols is 1. The number of nitrogens with zero attached hydrogens (tertiary/aromatic N) is 4. The molecule has 0 bridgehead atoms. The number of carbonyl (C=O) groups excluding carboxylic acids is 2. The third kappa shape index (κ3) is 13.1. The number of rotatable bonds is 8. The van der Waals surface area contributed by atoms with Crippen LogP contribution in [-0.2, 0) is 28.4 Å². The summed E-state index contributed by atoms with van der Waals surface area (Å²) in [5.41, 5.74) is 4.23. The Hall–Kier alpha value is -3.02. The molecule has 4 aromatic rings. The minimum absolute atomic E-state index is 0. The standard InChI is InChI=1S/C16H16BClN2O5.C12H15BO5.C4H2Cl2N2.CH4.Na.H/c1-3-23-15(21)8-12-16-9(2)6-10(7-11(16)17(22)25-12)24-14-5-4-13(18)19-20-14;1-3-17-11(15)6-10-12-7(2)4-8(14)5-9(12)13(16)18-10;5-3-1-2-4(6)8-7-3;;;/h4-7,12,22H,3,8H2,1-2H3;4-5,10,14,16H,3,6H2,1-2H3;1-2H;1H4;;/q;;;;+1;-1. The number of phenolic OH excluding ortho intramolecular Hbond substituents is 1. The summed E-state index contributed by atoms with van der Waals surface area (Å²) in [6, 6.07) is 12.8. The van der Waals surface area contributed by atoms with Crippen molar-refractivity contribution < 1.29 is 79.2 Å². The van der Waals surface area contributed by atoms with Gasteiger partial charge in [-0.25, -0.2) is 0 Å². The number of aromatic hydroxyl groups is 1. The molecule has 0 fully saturated rings. The van der Waals surface area contributed by atoms with Crippen LogP contribution in [0.3, 0.4) is 0 Å². The first kappa shape index (κ1) is 46.1. The Morgan fingerprint density at radius 3 is 1.62 bits per heavy atom. The molecule has 53 heavy (non-hydrogen) atoms. The van der Waals surface area contributed by atoms with Crippen molar-refractivity contribution in [3.63, 3.8) is 0 Å². The average Bonchev–Trinajstić information content (AvgIpc) is 3.55. The Balaban J connectivity index is 0.000000441. The molecule has 6 rings (SSSR count). The number of aromatic nitrogens is 4. The fraction of sp³-hybridized carbons (Fsp3) is 0.333. The van der Waals surface area contributed by atoms with Crippen LogP contribution in [0.5, 0.6) is 17.4 Å². The summed E-state index contributed by atoms with van der Waals surface area (Å²) in [5, 5.41) is 44.9. The van der Waals surface area contributed by atoms with Crippen LogP contribution in [0.2, 0.25) is 15.5 Å². The predicted octanol–water partition coefficient (Wildman–Crippen LogP) is 1.89. The van der Waals surface area contributed by atoms with Gasteiger partial charge < -0.3 is 40.1 Å². The zero-order valence-corrected chi connectivity index (χ0v) is 33.1. The van der Waals surface area contributed by atoms with Gasteiger partial charge in [0.1, 0.15) is 11.5 Å². The Bertz CT molecular complexity index is 1820. The molecule has 2 aliphatic heterocycles. The SMILES string of the molecule is C.CCOC(=O)CC1OB(O)c2cc(O)cc(C)c21.CCOC(=O)CC1OB(O)c2cc(Oc3ccc(Cl)nn3)cc(C)c21.Clc1ccc(Cl)nn1.[H-].[Na+]. The van der Waals surface area contributed by atoms with Gasteiger partial charge in [0.15, 0.2) is 15.5 Å². The maximum absolute atomic E-state index is 11.7. The number of hydrogen-bond acceptors (Lipinski definition) is 14. The molecule has 0 aliphatic carbocycles. The van der Waals surface area contributed by atoms with Gasteiger partial charge in [-0.3, -0.25) is 9.59 Å². The van der Waals surface area contributed by atoms with Crippen LogP contribution in [0.4, 0.5) is 0 Å². The molecular weight excluding hydrogens is 763 g/mol. The Morgan fingerprint density at radius 2 is 1.19 bits per heavy atom. The molecule has 4 heterocycles. The number of benzene rings is 2. The Morgan fingerprint density at radius 1 is 0.755 bits per heavy atom. The van der Waals surface area contributed by atoms with Crippen molar-refractivity contribution in [3.05, 3.63) is 86.2 Å². The quantitative estimate of drug-likeness (QED) is 0.173. The predicted molar refractivity (Wildman–Crippen MR) is 196 cm³/mol. The summed E-state index contributed by atoms with van der Waals surface area (Å²) in [7, 11) is -2.24. The molecule has 3 N–H and O–H groups in total. The number of hydrogen-bond donors (Lipinski definition) is 3. The normalized spacial score (nSPS) is 14.9. The molecule has 278 valence electrons. The smallest absolute Gasteiger partial charge is 1.00 e. The van der Waals surface area contributed by atoms with Gasteiger partial charge in [-0.1, -0.05) is 42.2 Å². The molecule has 0 spiro atoms. The molecule has 14 nitrogen and oxygen atoms in total. The van der Waals surface area contributed by atoms with Gasteiger partial charge in [0.2, 0.25) is 5.88 Å². The van der Waals surface area contributed by atoms with Crippen LogP contribution >= 0.6 is 34.8 Å². The maximum atomic E-state index is 11.7. The molecule has 2 aromatic heterocycles. The molecule has 2 aliphatic rings. The van der Waals surface area contributed by atoms with E-state index in [9.17, 15) is 24.7 Å². The monoisotopic (exact) mass is 800 g/mol. The van der Waals surface area contributed by atoms with E-state index in [4.69, 9.17) is 58.3 Å². The first-order valence-electron chi connectivity index (χ1n) is 15.6. The van der Waals surface area contributed by atoms with E-state index in [1.54, 1.807) is 63.2 Å². The van der Waals surface area contributed by atoms with Crippen LogP contribution in [0.1, 0.15) is 70.0 Å². The van der Waals surface area contributed by atoms with Gasteiger partial charge in [-0.05, 0) is 103 Å². The zero-order chi connectivity index (χ0) is 37.2. The van der Waals surface area contributed by atoms with Crippen molar-refractivity contribution in [2.75, 3.05) is 13.2 Å².